The Bertz CT molecular complexity index is 2710. The van der Waals surface area contributed by atoms with Crippen LogP contribution in [0.4, 0.5) is 0 Å². The molecule has 0 saturated heterocycles. The smallest absolute Gasteiger partial charge is 0.123 e. The van der Waals surface area contributed by atoms with Crippen molar-refractivity contribution in [2.24, 2.45) is 0 Å². The first-order chi connectivity index (χ1) is 32.0. The van der Waals surface area contributed by atoms with Crippen molar-refractivity contribution >= 4 is 0 Å². The summed E-state index contributed by atoms with van der Waals surface area (Å²) in [6.45, 7) is 1.88. The van der Waals surface area contributed by atoms with Crippen LogP contribution < -0.4 is 33.2 Å². The van der Waals surface area contributed by atoms with Gasteiger partial charge in [-0.25, -0.2) is 0 Å². The van der Waals surface area contributed by atoms with Crippen LogP contribution in [0.5, 0.6) is 46.0 Å². The van der Waals surface area contributed by atoms with Crippen LogP contribution in [0, 0.1) is 0 Å². The molecule has 0 bridgehead atoms. The van der Waals surface area contributed by atoms with E-state index in [-0.39, 0.29) is 32.2 Å². The number of hydrogen-bond acceptors (Lipinski definition) is 9. The Labute approximate surface area is 379 Å². The average molecular weight is 867 g/mol. The molecule has 0 spiro atoms. The van der Waals surface area contributed by atoms with E-state index in [2.05, 4.69) is 0 Å². The molecule has 0 amide bonds. The lowest BCUT2D eigenvalue weighted by Gasteiger charge is -2.16. The van der Waals surface area contributed by atoms with Gasteiger partial charge in [0.1, 0.15) is 92.2 Å². The fourth-order valence-corrected chi connectivity index (χ4v) is 6.92. The predicted octanol–water partition coefficient (Wildman–Crippen LogP) is 11.9. The van der Waals surface area contributed by atoms with E-state index in [1.807, 2.05) is 176 Å². The Morgan fingerprint density at radius 2 is 0.477 bits per heavy atom. The molecular weight excluding hydrogens is 817 g/mol. The minimum atomic E-state index is -0.161. The largest absolute Gasteiger partial charge is 0.508 e. The van der Waals surface area contributed by atoms with Gasteiger partial charge in [-0.05, 0) is 93.0 Å². The van der Waals surface area contributed by atoms with E-state index in [4.69, 9.17) is 33.2 Å². The molecule has 65 heavy (non-hydrogen) atoms. The first-order valence-electron chi connectivity index (χ1n) is 21.4. The van der Waals surface area contributed by atoms with Crippen LogP contribution in [0.25, 0.3) is 0 Å². The number of aliphatic hydroxyl groups is 1. The maximum Gasteiger partial charge on any atom is 0.123 e. The fourth-order valence-electron chi connectivity index (χ4n) is 6.92. The van der Waals surface area contributed by atoms with Gasteiger partial charge in [-0.3, -0.25) is 0 Å². The molecule has 8 aromatic rings. The summed E-state index contributed by atoms with van der Waals surface area (Å²) in [5.41, 5.74) is 7.15. The molecule has 0 aliphatic heterocycles. The molecule has 8 rings (SSSR count). The summed E-state index contributed by atoms with van der Waals surface area (Å²) in [6.07, 6.45) is 0. The predicted molar refractivity (Wildman–Crippen MR) is 249 cm³/mol. The van der Waals surface area contributed by atoms with E-state index >= 15 is 0 Å². The second-order valence-electron chi connectivity index (χ2n) is 15.4. The minimum Gasteiger partial charge on any atom is -0.508 e. The van der Waals surface area contributed by atoms with Crippen LogP contribution >= 0.6 is 0 Å². The van der Waals surface area contributed by atoms with Crippen LogP contribution in [0.2, 0.25) is 0 Å². The molecule has 9 heteroatoms. The molecule has 0 heterocycles. The van der Waals surface area contributed by atoms with Crippen molar-refractivity contribution in [3.63, 3.8) is 0 Å². The van der Waals surface area contributed by atoms with Crippen molar-refractivity contribution in [1.82, 2.24) is 0 Å². The topological polar surface area (TPSA) is 105 Å². The molecule has 0 aromatic heterocycles. The quantitative estimate of drug-likeness (QED) is 0.0689. The third-order valence-corrected chi connectivity index (χ3v) is 10.2. The van der Waals surface area contributed by atoms with Gasteiger partial charge in [-0.15, -0.1) is 0 Å². The maximum atomic E-state index is 10.5. The van der Waals surface area contributed by atoms with Crippen LogP contribution in [-0.2, 0) is 52.9 Å². The Morgan fingerprint density at radius 1 is 0.246 bits per heavy atom. The normalized spacial score (nSPS) is 10.8. The zero-order valence-corrected chi connectivity index (χ0v) is 35.9. The van der Waals surface area contributed by atoms with Gasteiger partial charge in [0.15, 0.2) is 0 Å². The van der Waals surface area contributed by atoms with Gasteiger partial charge in [0.25, 0.3) is 0 Å². The summed E-state index contributed by atoms with van der Waals surface area (Å²) in [5, 5.41) is 20.6. The van der Waals surface area contributed by atoms with Gasteiger partial charge in [0, 0.05) is 24.3 Å². The van der Waals surface area contributed by atoms with Crippen LogP contribution in [0.15, 0.2) is 194 Å². The molecule has 0 aliphatic rings. The van der Waals surface area contributed by atoms with E-state index in [9.17, 15) is 10.2 Å². The van der Waals surface area contributed by atoms with Gasteiger partial charge < -0.3 is 43.4 Å². The molecule has 328 valence electrons. The number of phenols is 1. The van der Waals surface area contributed by atoms with Crippen molar-refractivity contribution in [2.75, 3.05) is 0 Å². The first-order valence-corrected chi connectivity index (χ1v) is 21.4. The standard InChI is InChI=1S/C56H50O9/c57-33-45-22-51(60-35-42-15-7-2-8-16-42)30-52(23-45)64-39-47-25-54(62-37-44-19-11-4-12-20-44)32-56(28-47)65-40-48-26-53(61-36-43-17-9-3-10-18-43)31-55(27-48)63-38-46-21-49(58)29-50(24-46)59-34-41-13-5-1-6-14-41/h1-32,57-58H,33-40H2. The van der Waals surface area contributed by atoms with E-state index in [0.29, 0.717) is 72.2 Å². The molecule has 0 fully saturated rings. The molecule has 0 unspecified atom stereocenters. The average Bonchev–Trinajstić information content (AvgIpc) is 3.35. The van der Waals surface area contributed by atoms with Crippen molar-refractivity contribution < 1.29 is 43.4 Å². The number of ether oxygens (including phenoxy) is 7. The Kier molecular flexibility index (Phi) is 15.1. The van der Waals surface area contributed by atoms with Crippen LogP contribution in [0.1, 0.15) is 44.5 Å². The summed E-state index contributed by atoms with van der Waals surface area (Å²) in [5.74, 6) is 4.14. The Hall–Kier alpha value is -7.88. The number of benzene rings is 8. The summed E-state index contributed by atoms with van der Waals surface area (Å²) in [4.78, 5) is 0. The zero-order chi connectivity index (χ0) is 44.5. The van der Waals surface area contributed by atoms with Crippen LogP contribution in [-0.4, -0.2) is 10.2 Å². The molecule has 2 N–H and O–H groups in total. The lowest BCUT2D eigenvalue weighted by atomic mass is 10.2. The number of phenolic OH excluding ortho intramolecular Hbond substituents is 1. The molecular formula is C56H50O9. The Balaban J connectivity index is 0.991. The van der Waals surface area contributed by atoms with Gasteiger partial charge in [-0.2, -0.15) is 0 Å². The number of hydrogen-bond donors (Lipinski definition) is 2. The van der Waals surface area contributed by atoms with Crippen LogP contribution in [0.3, 0.4) is 0 Å². The molecule has 0 aliphatic carbocycles. The van der Waals surface area contributed by atoms with Gasteiger partial charge in [0.05, 0.1) is 6.61 Å². The van der Waals surface area contributed by atoms with Gasteiger partial charge in [-0.1, -0.05) is 121 Å². The van der Waals surface area contributed by atoms with Gasteiger partial charge >= 0.3 is 0 Å². The molecule has 9 nitrogen and oxygen atoms in total. The Morgan fingerprint density at radius 3 is 0.754 bits per heavy atom. The summed E-state index contributed by atoms with van der Waals surface area (Å²) in [7, 11) is 0. The molecule has 8 aromatic carbocycles. The maximum absolute atomic E-state index is 10.5. The van der Waals surface area contributed by atoms with E-state index < -0.39 is 0 Å². The SMILES string of the molecule is OCc1cc(OCc2ccccc2)cc(OCc2cc(OCc3ccccc3)cc(OCc3cc(OCc4ccccc4)cc(OCc4cc(O)cc(OCc5ccccc5)c4)c3)c2)c1. The zero-order valence-electron chi connectivity index (χ0n) is 35.9. The van der Waals surface area contributed by atoms with E-state index in [1.54, 1.807) is 18.2 Å². The van der Waals surface area contributed by atoms with Gasteiger partial charge in [0.2, 0.25) is 0 Å². The summed E-state index contributed by atoms with van der Waals surface area (Å²) in [6, 6.07) is 61.6. The van der Waals surface area contributed by atoms with Crippen molar-refractivity contribution in [3.8, 4) is 46.0 Å². The molecule has 0 saturated carbocycles. The highest BCUT2D eigenvalue weighted by Crippen LogP contribution is 2.31. The summed E-state index contributed by atoms with van der Waals surface area (Å²) >= 11 is 0. The second kappa shape index (κ2) is 22.5. The van der Waals surface area contributed by atoms with E-state index in [1.165, 1.54) is 0 Å². The number of rotatable bonds is 22. The number of aliphatic hydroxyl groups excluding tert-OH is 1. The first kappa shape index (κ1) is 43.8. The van der Waals surface area contributed by atoms with Crippen molar-refractivity contribution in [1.29, 1.82) is 0 Å². The van der Waals surface area contributed by atoms with Crippen molar-refractivity contribution in [3.05, 3.63) is 239 Å². The molecule has 0 atom stereocenters. The third kappa shape index (κ3) is 13.8. The van der Waals surface area contributed by atoms with Crippen molar-refractivity contribution in [2.45, 2.75) is 52.9 Å². The highest BCUT2D eigenvalue weighted by Gasteiger charge is 2.12. The summed E-state index contributed by atoms with van der Waals surface area (Å²) < 4.78 is 43.8. The highest BCUT2D eigenvalue weighted by atomic mass is 16.5. The monoisotopic (exact) mass is 866 g/mol. The highest BCUT2D eigenvalue weighted by molar-refractivity contribution is 5.43. The lowest BCUT2D eigenvalue weighted by molar-refractivity contribution is 0.268. The lowest BCUT2D eigenvalue weighted by Crippen LogP contribution is -2.03. The molecule has 0 radical (unpaired) electrons. The fraction of sp³-hybridized carbons (Fsp3) is 0.143. The second-order valence-corrected chi connectivity index (χ2v) is 15.4. The van der Waals surface area contributed by atoms with E-state index in [0.717, 1.165) is 38.9 Å². The minimum absolute atomic E-state index is 0.0826. The number of aromatic hydroxyl groups is 1. The third-order valence-electron chi connectivity index (χ3n) is 10.2.